The number of rotatable bonds is 5. The smallest absolute Gasteiger partial charge is 0.347 e. The largest absolute Gasteiger partial charge is 0.466 e. The van der Waals surface area contributed by atoms with E-state index in [0.29, 0.717) is 6.42 Å². The molecule has 0 N–H and O–H groups in total. The third-order valence-corrected chi connectivity index (χ3v) is 4.18. The molecule has 22 heavy (non-hydrogen) atoms. The molecule has 118 valence electrons. The van der Waals surface area contributed by atoms with Crippen LogP contribution < -0.4 is 0 Å². The molecule has 2 fully saturated rings. The van der Waals surface area contributed by atoms with Crippen molar-refractivity contribution in [3.8, 4) is 0 Å². The molecule has 0 spiro atoms. The first-order valence-electron chi connectivity index (χ1n) is 7.24. The molecule has 0 aromatic heterocycles. The highest BCUT2D eigenvalue weighted by atomic mass is 19.1. The Morgan fingerprint density at radius 2 is 2.00 bits per heavy atom. The zero-order valence-corrected chi connectivity index (χ0v) is 12.1. The van der Waals surface area contributed by atoms with Crippen LogP contribution >= 0.6 is 0 Å². The number of hydrogen-bond donors (Lipinski definition) is 0. The van der Waals surface area contributed by atoms with Crippen LogP contribution in [-0.2, 0) is 19.1 Å². The van der Waals surface area contributed by atoms with Gasteiger partial charge < -0.3 is 9.47 Å². The number of methoxy groups -OCH3 is 1. The summed E-state index contributed by atoms with van der Waals surface area (Å²) in [6, 6.07) is 3.19. The maximum Gasteiger partial charge on any atom is 0.347 e. The van der Waals surface area contributed by atoms with Gasteiger partial charge in [-0.15, -0.1) is 0 Å². The third-order valence-electron chi connectivity index (χ3n) is 4.18. The van der Waals surface area contributed by atoms with Crippen molar-refractivity contribution >= 4 is 11.9 Å². The van der Waals surface area contributed by atoms with Gasteiger partial charge in [0.15, 0.2) is 0 Å². The predicted molar refractivity (Wildman–Crippen MR) is 71.8 cm³/mol. The third kappa shape index (κ3) is 2.96. The van der Waals surface area contributed by atoms with Crippen LogP contribution in [0.4, 0.5) is 8.78 Å². The Hall–Kier alpha value is -1.98. The highest BCUT2D eigenvalue weighted by Gasteiger charge is 2.49. The van der Waals surface area contributed by atoms with Crippen molar-refractivity contribution in [3.05, 3.63) is 35.4 Å². The molecule has 6 heteroatoms. The summed E-state index contributed by atoms with van der Waals surface area (Å²) < 4.78 is 36.8. The summed E-state index contributed by atoms with van der Waals surface area (Å²) in [6.07, 6.45) is 1.16. The molecule has 3 atom stereocenters. The number of carbonyl (C=O) groups excluding carboxylic acids is 2. The van der Waals surface area contributed by atoms with Crippen LogP contribution in [0.1, 0.15) is 30.7 Å². The molecular weight excluding hydrogens is 294 g/mol. The van der Waals surface area contributed by atoms with E-state index < -0.39 is 35.6 Å². The number of esters is 2. The first-order valence-corrected chi connectivity index (χ1v) is 7.24. The standard InChI is InChI=1S/C16H16F2O4/c1-21-16(20)14(8-2-3-8)22-15(19)12-7-10(12)11-6-9(17)4-5-13(11)18/h4-6,8,10,12,14H,2-3,7H2,1H3/t10-,12-,14+/m0/s1. The summed E-state index contributed by atoms with van der Waals surface area (Å²) in [5.41, 5.74) is 0.183. The minimum Gasteiger partial charge on any atom is -0.466 e. The average molecular weight is 310 g/mol. The fourth-order valence-corrected chi connectivity index (χ4v) is 2.66. The second kappa shape index (κ2) is 5.66. The number of hydrogen-bond acceptors (Lipinski definition) is 4. The van der Waals surface area contributed by atoms with Crippen LogP contribution in [0.25, 0.3) is 0 Å². The molecule has 3 rings (SSSR count). The summed E-state index contributed by atoms with van der Waals surface area (Å²) >= 11 is 0. The van der Waals surface area contributed by atoms with E-state index in [1.165, 1.54) is 7.11 Å². The molecule has 4 nitrogen and oxygen atoms in total. The molecule has 1 aromatic carbocycles. The summed E-state index contributed by atoms with van der Waals surface area (Å²) in [5.74, 6) is -3.09. The molecule has 0 heterocycles. The average Bonchev–Trinajstić information content (AvgIpc) is 3.38. The molecule has 2 saturated carbocycles. The maximum atomic E-state index is 13.7. The number of benzene rings is 1. The molecular formula is C16H16F2O4. The first kappa shape index (κ1) is 14.9. The van der Waals surface area contributed by atoms with Crippen molar-refractivity contribution in [1.29, 1.82) is 0 Å². The van der Waals surface area contributed by atoms with Gasteiger partial charge in [-0.25, -0.2) is 13.6 Å². The summed E-state index contributed by atoms with van der Waals surface area (Å²) in [4.78, 5) is 23.7. The predicted octanol–water partition coefficient (Wildman–Crippen LogP) is 2.56. The van der Waals surface area contributed by atoms with Gasteiger partial charge in [0, 0.05) is 11.8 Å². The molecule has 0 radical (unpaired) electrons. The van der Waals surface area contributed by atoms with E-state index in [1.807, 2.05) is 0 Å². The minimum atomic E-state index is -0.879. The first-order chi connectivity index (χ1) is 10.5. The highest BCUT2D eigenvalue weighted by Crippen LogP contribution is 2.49. The van der Waals surface area contributed by atoms with E-state index in [2.05, 4.69) is 4.74 Å². The van der Waals surface area contributed by atoms with E-state index in [9.17, 15) is 18.4 Å². The van der Waals surface area contributed by atoms with Crippen LogP contribution in [0.5, 0.6) is 0 Å². The van der Waals surface area contributed by atoms with Crippen LogP contribution in [0, 0.1) is 23.5 Å². The molecule has 2 aliphatic carbocycles. The Labute approximate surface area is 126 Å². The Morgan fingerprint density at radius 1 is 1.27 bits per heavy atom. The highest BCUT2D eigenvalue weighted by molar-refractivity contribution is 5.83. The van der Waals surface area contributed by atoms with Crippen LogP contribution in [0.2, 0.25) is 0 Å². The second-order valence-corrected chi connectivity index (χ2v) is 5.83. The molecule has 0 unspecified atom stereocenters. The molecule has 0 aliphatic heterocycles. The van der Waals surface area contributed by atoms with Gasteiger partial charge in [0.2, 0.25) is 6.10 Å². The number of carbonyl (C=O) groups is 2. The maximum absolute atomic E-state index is 13.7. The van der Waals surface area contributed by atoms with Gasteiger partial charge in [0.1, 0.15) is 11.6 Å². The van der Waals surface area contributed by atoms with E-state index >= 15 is 0 Å². The van der Waals surface area contributed by atoms with E-state index in [-0.39, 0.29) is 17.4 Å². The van der Waals surface area contributed by atoms with E-state index in [1.54, 1.807) is 0 Å². The lowest BCUT2D eigenvalue weighted by Crippen LogP contribution is -2.31. The number of ether oxygens (including phenoxy) is 2. The van der Waals surface area contributed by atoms with Gasteiger partial charge in [0.25, 0.3) is 0 Å². The SMILES string of the molecule is COC(=O)[C@H](OC(=O)[C@H]1C[C@H]1c1cc(F)ccc1F)C1CC1. The zero-order valence-electron chi connectivity index (χ0n) is 12.1. The lowest BCUT2D eigenvalue weighted by atomic mass is 10.1. The molecule has 0 saturated heterocycles. The van der Waals surface area contributed by atoms with Gasteiger partial charge in [0.05, 0.1) is 13.0 Å². The molecule has 2 aliphatic rings. The van der Waals surface area contributed by atoms with E-state index in [0.717, 1.165) is 31.0 Å². The Kier molecular flexibility index (Phi) is 3.85. The molecule has 1 aromatic rings. The lowest BCUT2D eigenvalue weighted by Gasteiger charge is -2.15. The fourth-order valence-electron chi connectivity index (χ4n) is 2.66. The van der Waals surface area contributed by atoms with Crippen molar-refractivity contribution in [2.45, 2.75) is 31.3 Å². The van der Waals surface area contributed by atoms with E-state index in [4.69, 9.17) is 4.74 Å². The Balaban J connectivity index is 1.65. The summed E-state index contributed by atoms with van der Waals surface area (Å²) in [7, 11) is 1.24. The van der Waals surface area contributed by atoms with Crippen molar-refractivity contribution in [3.63, 3.8) is 0 Å². The molecule has 0 bridgehead atoms. The second-order valence-electron chi connectivity index (χ2n) is 5.83. The van der Waals surface area contributed by atoms with Crippen molar-refractivity contribution in [2.75, 3.05) is 7.11 Å². The number of halogens is 2. The van der Waals surface area contributed by atoms with Crippen molar-refractivity contribution in [1.82, 2.24) is 0 Å². The van der Waals surface area contributed by atoms with Gasteiger partial charge >= 0.3 is 11.9 Å². The quantitative estimate of drug-likeness (QED) is 0.784. The van der Waals surface area contributed by atoms with Gasteiger partial charge in [-0.1, -0.05) is 0 Å². The Morgan fingerprint density at radius 3 is 2.64 bits per heavy atom. The van der Waals surface area contributed by atoms with Crippen LogP contribution in [0.15, 0.2) is 18.2 Å². The van der Waals surface area contributed by atoms with Crippen LogP contribution in [0.3, 0.4) is 0 Å². The normalized spacial score (nSPS) is 24.5. The minimum absolute atomic E-state index is 0.0134. The fraction of sp³-hybridized carbons (Fsp3) is 0.500. The zero-order chi connectivity index (χ0) is 15.9. The van der Waals surface area contributed by atoms with Gasteiger partial charge in [-0.3, -0.25) is 4.79 Å². The van der Waals surface area contributed by atoms with Gasteiger partial charge in [-0.05, 0) is 43.0 Å². The van der Waals surface area contributed by atoms with Crippen molar-refractivity contribution < 1.29 is 27.8 Å². The van der Waals surface area contributed by atoms with Gasteiger partial charge in [-0.2, -0.15) is 0 Å². The van der Waals surface area contributed by atoms with Crippen LogP contribution in [-0.4, -0.2) is 25.2 Å². The summed E-state index contributed by atoms with van der Waals surface area (Å²) in [6.45, 7) is 0. The lowest BCUT2D eigenvalue weighted by molar-refractivity contribution is -0.168. The monoisotopic (exact) mass is 310 g/mol. The topological polar surface area (TPSA) is 52.6 Å². The Bertz CT molecular complexity index is 612. The molecule has 0 amide bonds. The van der Waals surface area contributed by atoms with Crippen molar-refractivity contribution in [2.24, 2.45) is 11.8 Å². The summed E-state index contributed by atoms with van der Waals surface area (Å²) in [5, 5.41) is 0.